The molecule has 0 bridgehead atoms. The molecule has 0 radical (unpaired) electrons. The third-order valence-corrected chi connectivity index (χ3v) is 3.12. The van der Waals surface area contributed by atoms with Crippen LogP contribution in [0.15, 0.2) is 16.1 Å². The summed E-state index contributed by atoms with van der Waals surface area (Å²) in [5.74, 6) is -0.0637. The van der Waals surface area contributed by atoms with E-state index in [1.54, 1.807) is 0 Å². The van der Waals surface area contributed by atoms with Crippen molar-refractivity contribution in [2.75, 3.05) is 12.3 Å². The molecule has 19 heavy (non-hydrogen) atoms. The number of nitrogen functional groups attached to an aromatic ring is 1. The Morgan fingerprint density at radius 3 is 3.16 bits per heavy atom. The van der Waals surface area contributed by atoms with Gasteiger partial charge in [-0.1, -0.05) is 16.7 Å². The van der Waals surface area contributed by atoms with Crippen LogP contribution in [0.25, 0.3) is 10.4 Å². The fourth-order valence-corrected chi connectivity index (χ4v) is 2.05. The molecule has 1 aromatic rings. The van der Waals surface area contributed by atoms with Crippen LogP contribution >= 0.6 is 11.6 Å². The molecule has 1 aliphatic rings. The molecule has 0 aromatic carbocycles. The second-order valence-corrected chi connectivity index (χ2v) is 4.39. The molecule has 0 spiro atoms. The Balaban J connectivity index is 2.32. The number of hydrogen-bond donors (Lipinski definition) is 2. The van der Waals surface area contributed by atoms with E-state index in [-0.39, 0.29) is 23.9 Å². The SMILES string of the molecule is [N-]=[N+]=N[C@@H]1CC(n2cc(Cl)c(N)nc2=O)O[C@@H]1CO. The zero-order valence-corrected chi connectivity index (χ0v) is 10.4. The summed E-state index contributed by atoms with van der Waals surface area (Å²) in [4.78, 5) is 17.9. The fraction of sp³-hybridized carbons (Fsp3) is 0.556. The molecule has 102 valence electrons. The molecule has 1 unspecified atom stereocenters. The number of nitrogens with zero attached hydrogens (tertiary/aromatic N) is 5. The second kappa shape index (κ2) is 5.45. The smallest absolute Gasteiger partial charge is 0.351 e. The van der Waals surface area contributed by atoms with Crippen LogP contribution < -0.4 is 11.4 Å². The third-order valence-electron chi connectivity index (χ3n) is 2.83. The minimum Gasteiger partial charge on any atom is -0.394 e. The Labute approximate surface area is 112 Å². The van der Waals surface area contributed by atoms with Crippen molar-refractivity contribution in [2.24, 2.45) is 5.11 Å². The van der Waals surface area contributed by atoms with E-state index in [0.717, 1.165) is 4.57 Å². The summed E-state index contributed by atoms with van der Waals surface area (Å²) in [7, 11) is 0. The summed E-state index contributed by atoms with van der Waals surface area (Å²) >= 11 is 5.80. The predicted molar refractivity (Wildman–Crippen MR) is 66.5 cm³/mol. The van der Waals surface area contributed by atoms with Crippen LogP contribution in [0.4, 0.5) is 5.82 Å². The number of halogens is 1. The van der Waals surface area contributed by atoms with Crippen LogP contribution in [0, 0.1) is 0 Å². The van der Waals surface area contributed by atoms with Crippen molar-refractivity contribution in [1.29, 1.82) is 0 Å². The van der Waals surface area contributed by atoms with Crippen LogP contribution in [0.2, 0.25) is 5.02 Å². The second-order valence-electron chi connectivity index (χ2n) is 3.98. The maximum Gasteiger partial charge on any atom is 0.351 e. The van der Waals surface area contributed by atoms with Crippen LogP contribution in [-0.4, -0.2) is 33.4 Å². The van der Waals surface area contributed by atoms with E-state index in [4.69, 9.17) is 32.7 Å². The Hall–Kier alpha value is -1.80. The van der Waals surface area contributed by atoms with Crippen molar-refractivity contribution in [3.05, 3.63) is 32.1 Å². The molecule has 1 aromatic heterocycles. The minimum atomic E-state index is -0.703. The highest BCUT2D eigenvalue weighted by Gasteiger charge is 2.35. The minimum absolute atomic E-state index is 0.0637. The molecular formula is C9H11ClN6O3. The Bertz CT molecular complexity index is 584. The largest absolute Gasteiger partial charge is 0.394 e. The fourth-order valence-electron chi connectivity index (χ4n) is 1.90. The van der Waals surface area contributed by atoms with Crippen LogP contribution in [0.5, 0.6) is 0 Å². The molecule has 1 saturated heterocycles. The summed E-state index contributed by atoms with van der Waals surface area (Å²) in [6.45, 7) is -0.314. The topological polar surface area (TPSA) is 139 Å². The van der Waals surface area contributed by atoms with E-state index in [1.165, 1.54) is 6.20 Å². The highest BCUT2D eigenvalue weighted by molar-refractivity contribution is 6.32. The Morgan fingerprint density at radius 2 is 2.53 bits per heavy atom. The van der Waals surface area contributed by atoms with E-state index in [0.29, 0.717) is 0 Å². The maximum atomic E-state index is 11.7. The highest BCUT2D eigenvalue weighted by Crippen LogP contribution is 2.30. The van der Waals surface area contributed by atoms with Gasteiger partial charge >= 0.3 is 5.69 Å². The third kappa shape index (κ3) is 2.64. The van der Waals surface area contributed by atoms with Gasteiger partial charge in [-0.3, -0.25) is 4.57 Å². The van der Waals surface area contributed by atoms with E-state index in [2.05, 4.69) is 15.0 Å². The summed E-state index contributed by atoms with van der Waals surface area (Å²) in [6, 6.07) is -0.553. The number of nitrogens with two attached hydrogens (primary N) is 1. The average Bonchev–Trinajstić information content (AvgIpc) is 2.77. The number of aromatic nitrogens is 2. The van der Waals surface area contributed by atoms with Crippen LogP contribution in [0.1, 0.15) is 12.6 Å². The zero-order chi connectivity index (χ0) is 14.0. The van der Waals surface area contributed by atoms with Crippen molar-refractivity contribution in [3.63, 3.8) is 0 Å². The molecule has 10 heteroatoms. The summed E-state index contributed by atoms with van der Waals surface area (Å²) < 4.78 is 6.61. The summed E-state index contributed by atoms with van der Waals surface area (Å²) in [6.07, 6.45) is 0.191. The number of aliphatic hydroxyl groups excluding tert-OH is 1. The van der Waals surface area contributed by atoms with E-state index in [9.17, 15) is 4.79 Å². The summed E-state index contributed by atoms with van der Waals surface area (Å²) in [5, 5.41) is 12.8. The molecule has 3 N–H and O–H groups in total. The van der Waals surface area contributed by atoms with E-state index in [1.807, 2.05) is 0 Å². The lowest BCUT2D eigenvalue weighted by Crippen LogP contribution is -2.28. The number of hydrogen-bond acceptors (Lipinski definition) is 6. The van der Waals surface area contributed by atoms with Crippen molar-refractivity contribution in [2.45, 2.75) is 24.8 Å². The number of azide groups is 1. The van der Waals surface area contributed by atoms with Gasteiger partial charge in [0.05, 0.1) is 23.8 Å². The highest BCUT2D eigenvalue weighted by atomic mass is 35.5. The first kappa shape index (κ1) is 13.6. The standard InChI is InChI=1S/C9H11ClN6O3/c10-4-2-16(9(18)13-8(4)11)7-1-5(14-15-12)6(3-17)19-7/h2,5-7,17H,1,3H2,(H2,11,13,18)/t5-,6-,7?/m1/s1. The monoisotopic (exact) mass is 286 g/mol. The maximum absolute atomic E-state index is 11.7. The number of ether oxygens (including phenoxy) is 1. The quantitative estimate of drug-likeness (QED) is 0.471. The molecule has 2 heterocycles. The van der Waals surface area contributed by atoms with E-state index < -0.39 is 24.1 Å². The first-order valence-corrected chi connectivity index (χ1v) is 5.79. The molecule has 2 rings (SSSR count). The van der Waals surface area contributed by atoms with Crippen molar-refractivity contribution in [1.82, 2.24) is 9.55 Å². The molecule has 1 fully saturated rings. The van der Waals surface area contributed by atoms with Crippen LogP contribution in [-0.2, 0) is 4.74 Å². The molecule has 0 amide bonds. The normalized spacial score (nSPS) is 26.1. The number of aliphatic hydroxyl groups is 1. The predicted octanol–water partition coefficient (Wildman–Crippen LogP) is 0.438. The van der Waals surface area contributed by atoms with Crippen molar-refractivity contribution < 1.29 is 9.84 Å². The first-order valence-electron chi connectivity index (χ1n) is 5.41. The Kier molecular flexibility index (Phi) is 3.91. The summed E-state index contributed by atoms with van der Waals surface area (Å²) in [5.41, 5.74) is 13.2. The number of rotatable bonds is 3. The van der Waals surface area contributed by atoms with Gasteiger partial charge in [-0.2, -0.15) is 4.98 Å². The van der Waals surface area contributed by atoms with Gasteiger partial charge in [-0.05, 0) is 5.53 Å². The molecule has 0 saturated carbocycles. The lowest BCUT2D eigenvalue weighted by Gasteiger charge is -2.15. The lowest BCUT2D eigenvalue weighted by molar-refractivity contribution is -0.0269. The zero-order valence-electron chi connectivity index (χ0n) is 9.68. The molecule has 1 aliphatic heterocycles. The van der Waals surface area contributed by atoms with Crippen LogP contribution in [0.3, 0.4) is 0 Å². The molecular weight excluding hydrogens is 276 g/mol. The number of anilines is 1. The van der Waals surface area contributed by atoms with Crippen molar-refractivity contribution in [3.8, 4) is 0 Å². The first-order chi connectivity index (χ1) is 9.06. The molecule has 0 aliphatic carbocycles. The van der Waals surface area contributed by atoms with Crippen molar-refractivity contribution >= 4 is 17.4 Å². The lowest BCUT2D eigenvalue weighted by atomic mass is 10.1. The Morgan fingerprint density at radius 1 is 1.79 bits per heavy atom. The molecule has 9 nitrogen and oxygen atoms in total. The van der Waals surface area contributed by atoms with E-state index >= 15 is 0 Å². The van der Waals surface area contributed by atoms with Gasteiger partial charge in [0.1, 0.15) is 12.0 Å². The van der Waals surface area contributed by atoms with Gasteiger partial charge in [0, 0.05) is 17.5 Å². The van der Waals surface area contributed by atoms with Gasteiger partial charge < -0.3 is 15.6 Å². The van der Waals surface area contributed by atoms with Gasteiger partial charge in [0.2, 0.25) is 0 Å². The van der Waals surface area contributed by atoms with Gasteiger partial charge in [-0.25, -0.2) is 4.79 Å². The van der Waals surface area contributed by atoms with Gasteiger partial charge in [0.25, 0.3) is 0 Å². The average molecular weight is 287 g/mol. The van der Waals surface area contributed by atoms with Gasteiger partial charge in [-0.15, -0.1) is 0 Å². The molecule has 3 atom stereocenters. The van der Waals surface area contributed by atoms with Gasteiger partial charge in [0.15, 0.2) is 0 Å².